The van der Waals surface area contributed by atoms with Crippen LogP contribution in [-0.4, -0.2) is 40.8 Å². The summed E-state index contributed by atoms with van der Waals surface area (Å²) < 4.78 is 0. The lowest BCUT2D eigenvalue weighted by Gasteiger charge is -2.41. The Balaban J connectivity index is 1.58. The zero-order chi connectivity index (χ0) is 19.1. The Morgan fingerprint density at radius 3 is 2.74 bits per heavy atom. The van der Waals surface area contributed by atoms with Crippen LogP contribution in [0.15, 0.2) is 18.3 Å². The number of likely N-dealkylation sites (tertiary alicyclic amines) is 1. The molecular formula is C22H29N3OS. The zero-order valence-corrected chi connectivity index (χ0v) is 17.3. The number of nitrogens with two attached hydrogens (primary N) is 1. The van der Waals surface area contributed by atoms with Gasteiger partial charge in [0.1, 0.15) is 5.78 Å². The Morgan fingerprint density at radius 1 is 1.30 bits per heavy atom. The third-order valence-electron chi connectivity index (χ3n) is 5.99. The second kappa shape index (κ2) is 7.46. The molecule has 2 aromatic rings. The van der Waals surface area contributed by atoms with E-state index < -0.39 is 0 Å². The van der Waals surface area contributed by atoms with Crippen LogP contribution in [0.2, 0.25) is 0 Å². The maximum atomic E-state index is 11.4. The van der Waals surface area contributed by atoms with Crippen molar-refractivity contribution in [3.8, 4) is 10.4 Å². The Labute approximate surface area is 165 Å². The third kappa shape index (κ3) is 3.73. The van der Waals surface area contributed by atoms with Gasteiger partial charge in [0.15, 0.2) is 0 Å². The van der Waals surface area contributed by atoms with Gasteiger partial charge in [-0.15, -0.1) is 11.3 Å². The number of fused-ring (bicyclic) bond motifs is 1. The van der Waals surface area contributed by atoms with E-state index in [4.69, 9.17) is 10.7 Å². The summed E-state index contributed by atoms with van der Waals surface area (Å²) >= 11 is 1.84. The van der Waals surface area contributed by atoms with Gasteiger partial charge in [-0.3, -0.25) is 4.90 Å². The van der Waals surface area contributed by atoms with Crippen LogP contribution in [0, 0.1) is 0 Å². The van der Waals surface area contributed by atoms with Gasteiger partial charge in [-0.2, -0.15) is 0 Å². The molecule has 0 radical (unpaired) electrons. The highest BCUT2D eigenvalue weighted by Gasteiger charge is 2.32. The summed E-state index contributed by atoms with van der Waals surface area (Å²) in [7, 11) is 0. The van der Waals surface area contributed by atoms with E-state index in [1.54, 1.807) is 6.92 Å². The molecular weight excluding hydrogens is 354 g/mol. The molecule has 0 bridgehead atoms. The predicted octanol–water partition coefficient (Wildman–Crippen LogP) is 3.57. The van der Waals surface area contributed by atoms with Crippen molar-refractivity contribution in [3.05, 3.63) is 40.0 Å². The fourth-order valence-electron chi connectivity index (χ4n) is 4.29. The maximum absolute atomic E-state index is 11.4. The fraction of sp³-hybridized carbons (Fsp3) is 0.545. The summed E-state index contributed by atoms with van der Waals surface area (Å²) in [6.45, 7) is 8.42. The van der Waals surface area contributed by atoms with Crippen molar-refractivity contribution in [2.45, 2.75) is 64.5 Å². The van der Waals surface area contributed by atoms with E-state index in [2.05, 4.69) is 30.9 Å². The minimum atomic E-state index is 0.191. The molecule has 1 unspecified atom stereocenters. The normalized spacial score (nSPS) is 20.1. The second-order valence-corrected chi connectivity index (χ2v) is 9.47. The van der Waals surface area contributed by atoms with Crippen LogP contribution in [0.5, 0.6) is 0 Å². The molecule has 0 spiro atoms. The van der Waals surface area contributed by atoms with Crippen LogP contribution in [0.25, 0.3) is 10.4 Å². The van der Waals surface area contributed by atoms with Crippen molar-refractivity contribution in [1.82, 2.24) is 9.88 Å². The SMILES string of the molecule is CC(=O)CCc1ccc(-c2cnc(C3CN(C(C)C)C3)s2)c2c1CC(N)C2. The van der Waals surface area contributed by atoms with Crippen LogP contribution in [0.3, 0.4) is 0 Å². The van der Waals surface area contributed by atoms with Crippen LogP contribution >= 0.6 is 11.3 Å². The van der Waals surface area contributed by atoms with E-state index in [9.17, 15) is 4.79 Å². The van der Waals surface area contributed by atoms with Crippen molar-refractivity contribution in [2.75, 3.05) is 13.1 Å². The first-order chi connectivity index (χ1) is 12.9. The van der Waals surface area contributed by atoms with E-state index in [0.717, 1.165) is 32.4 Å². The van der Waals surface area contributed by atoms with Gasteiger partial charge < -0.3 is 10.5 Å². The number of carbonyl (C=O) groups excluding carboxylic acids is 1. The van der Waals surface area contributed by atoms with Gasteiger partial charge in [0.05, 0.1) is 9.88 Å². The van der Waals surface area contributed by atoms with E-state index in [0.29, 0.717) is 18.4 Å². The average molecular weight is 384 g/mol. The standard InChI is InChI=1S/C22H29N3OS/c1-13(2)25-11-16(12-25)22-24-10-21(27-22)18-7-6-15(5-4-14(3)26)19-8-17(23)9-20(18)19/h6-7,10,13,16-17H,4-5,8-9,11-12,23H2,1-3H3. The van der Waals surface area contributed by atoms with Gasteiger partial charge in [0, 0.05) is 43.7 Å². The average Bonchev–Trinajstić information content (AvgIpc) is 3.17. The van der Waals surface area contributed by atoms with Crippen molar-refractivity contribution < 1.29 is 4.79 Å². The number of ketones is 1. The Kier molecular flexibility index (Phi) is 5.19. The topological polar surface area (TPSA) is 59.2 Å². The van der Waals surface area contributed by atoms with E-state index in [1.165, 1.54) is 32.1 Å². The molecule has 4 nitrogen and oxygen atoms in total. The molecule has 0 saturated carbocycles. The van der Waals surface area contributed by atoms with Crippen molar-refractivity contribution >= 4 is 17.1 Å². The molecule has 5 heteroatoms. The zero-order valence-electron chi connectivity index (χ0n) is 16.5. The number of carbonyl (C=O) groups is 1. The highest BCUT2D eigenvalue weighted by Crippen LogP contribution is 2.40. The first-order valence-corrected chi connectivity index (χ1v) is 10.8. The summed E-state index contributed by atoms with van der Waals surface area (Å²) in [4.78, 5) is 19.9. The molecule has 2 N–H and O–H groups in total. The molecule has 1 saturated heterocycles. The molecule has 1 aliphatic carbocycles. The number of hydrogen-bond donors (Lipinski definition) is 1. The van der Waals surface area contributed by atoms with Crippen molar-refractivity contribution in [2.24, 2.45) is 5.73 Å². The highest BCUT2D eigenvalue weighted by molar-refractivity contribution is 7.15. The first-order valence-electron chi connectivity index (χ1n) is 10.0. The number of thiazole rings is 1. The molecule has 0 amide bonds. The van der Waals surface area contributed by atoms with Gasteiger partial charge >= 0.3 is 0 Å². The van der Waals surface area contributed by atoms with E-state index in [-0.39, 0.29) is 11.8 Å². The molecule has 1 atom stereocenters. The minimum Gasteiger partial charge on any atom is -0.327 e. The molecule has 4 rings (SSSR count). The second-order valence-electron chi connectivity index (χ2n) is 8.41. The summed E-state index contributed by atoms with van der Waals surface area (Å²) in [5.74, 6) is 0.828. The largest absolute Gasteiger partial charge is 0.327 e. The van der Waals surface area contributed by atoms with E-state index in [1.807, 2.05) is 17.5 Å². The molecule has 2 aliphatic rings. The Morgan fingerprint density at radius 2 is 2.04 bits per heavy atom. The number of Topliss-reactive ketones (excluding diaryl/α,β-unsaturated/α-hetero) is 1. The summed E-state index contributed by atoms with van der Waals surface area (Å²) in [6, 6.07) is 5.24. The lowest BCUT2D eigenvalue weighted by Crippen LogP contribution is -2.48. The number of hydrogen-bond acceptors (Lipinski definition) is 5. The van der Waals surface area contributed by atoms with Gasteiger partial charge in [0.25, 0.3) is 0 Å². The Bertz CT molecular complexity index is 851. The van der Waals surface area contributed by atoms with E-state index >= 15 is 0 Å². The molecule has 1 aromatic carbocycles. The third-order valence-corrected chi connectivity index (χ3v) is 7.18. The van der Waals surface area contributed by atoms with Gasteiger partial charge in [-0.25, -0.2) is 4.98 Å². The maximum Gasteiger partial charge on any atom is 0.130 e. The van der Waals surface area contributed by atoms with Gasteiger partial charge in [-0.1, -0.05) is 12.1 Å². The molecule has 27 heavy (non-hydrogen) atoms. The van der Waals surface area contributed by atoms with Crippen LogP contribution in [-0.2, 0) is 24.1 Å². The minimum absolute atomic E-state index is 0.191. The summed E-state index contributed by atoms with van der Waals surface area (Å²) in [5.41, 5.74) is 11.7. The van der Waals surface area contributed by atoms with Crippen molar-refractivity contribution in [1.29, 1.82) is 0 Å². The predicted molar refractivity (Wildman–Crippen MR) is 111 cm³/mol. The lowest BCUT2D eigenvalue weighted by molar-refractivity contribution is -0.116. The lowest BCUT2D eigenvalue weighted by atomic mass is 9.94. The van der Waals surface area contributed by atoms with Crippen LogP contribution in [0.4, 0.5) is 0 Å². The fourth-order valence-corrected chi connectivity index (χ4v) is 5.35. The first kappa shape index (κ1) is 18.8. The summed E-state index contributed by atoms with van der Waals surface area (Å²) in [5, 5.41) is 1.26. The molecule has 1 fully saturated rings. The molecule has 144 valence electrons. The van der Waals surface area contributed by atoms with Crippen molar-refractivity contribution in [3.63, 3.8) is 0 Å². The number of aromatic nitrogens is 1. The highest BCUT2D eigenvalue weighted by atomic mass is 32.1. The number of nitrogens with zero attached hydrogens (tertiary/aromatic N) is 2. The monoisotopic (exact) mass is 383 g/mol. The number of benzene rings is 1. The quantitative estimate of drug-likeness (QED) is 0.828. The number of aryl methyl sites for hydroxylation is 1. The molecule has 1 aromatic heterocycles. The summed E-state index contributed by atoms with van der Waals surface area (Å²) in [6.07, 6.45) is 5.34. The molecule has 1 aliphatic heterocycles. The van der Waals surface area contributed by atoms with Gasteiger partial charge in [-0.05, 0) is 62.3 Å². The van der Waals surface area contributed by atoms with Crippen LogP contribution in [0.1, 0.15) is 54.8 Å². The number of rotatable bonds is 6. The smallest absolute Gasteiger partial charge is 0.130 e. The van der Waals surface area contributed by atoms with Crippen LogP contribution < -0.4 is 5.73 Å². The molecule has 2 heterocycles. The van der Waals surface area contributed by atoms with Gasteiger partial charge in [0.2, 0.25) is 0 Å². The Hall–Kier alpha value is -1.56.